The van der Waals surface area contributed by atoms with Crippen molar-refractivity contribution in [3.05, 3.63) is 12.7 Å². The van der Waals surface area contributed by atoms with E-state index in [4.69, 9.17) is 5.11 Å². The summed E-state index contributed by atoms with van der Waals surface area (Å²) in [5.74, 6) is -2.43. The molecule has 0 saturated heterocycles. The first-order chi connectivity index (χ1) is 7.65. The van der Waals surface area contributed by atoms with Crippen LogP contribution in [0.2, 0.25) is 0 Å². The van der Waals surface area contributed by atoms with Crippen LogP contribution < -0.4 is 0 Å². The smallest absolute Gasteiger partial charge is 0.397 e. The second-order valence-corrected chi connectivity index (χ2v) is 2.42. The van der Waals surface area contributed by atoms with E-state index in [1.54, 1.807) is 0 Å². The summed E-state index contributed by atoms with van der Waals surface area (Å²) in [4.78, 5) is 26.3. The van der Waals surface area contributed by atoms with E-state index < -0.39 is 17.8 Å². The summed E-state index contributed by atoms with van der Waals surface area (Å²) in [5.41, 5.74) is 0. The van der Waals surface area contributed by atoms with Gasteiger partial charge in [-0.1, -0.05) is 6.58 Å². The van der Waals surface area contributed by atoms with Gasteiger partial charge in [0.1, 0.15) is 7.11 Å². The van der Waals surface area contributed by atoms with Gasteiger partial charge in [0.25, 0.3) is 0 Å². The Morgan fingerprint density at radius 3 is 2.69 bits per heavy atom. The molecule has 0 aliphatic heterocycles. The van der Waals surface area contributed by atoms with Crippen molar-refractivity contribution >= 4 is 17.8 Å². The van der Waals surface area contributed by atoms with Crippen LogP contribution in [0, 0.1) is 0 Å². The average Bonchev–Trinajstić information content (AvgIpc) is 2.28. The minimum absolute atomic E-state index is 0.0102. The molecule has 0 rings (SSSR count). The number of hydrogen-bond donors (Lipinski definition) is 1. The Kier molecular flexibility index (Phi) is 7.43. The third-order valence-corrected chi connectivity index (χ3v) is 1.25. The zero-order valence-electron chi connectivity index (χ0n) is 8.84. The van der Waals surface area contributed by atoms with Crippen molar-refractivity contribution in [3.8, 4) is 0 Å². The first-order valence-electron chi connectivity index (χ1n) is 4.39. The van der Waals surface area contributed by atoms with Crippen molar-refractivity contribution in [2.45, 2.75) is 6.42 Å². The predicted octanol–water partition coefficient (Wildman–Crippen LogP) is -0.399. The molecule has 0 spiro atoms. The SMILES string of the molecule is C=CC(=O)OC(=NOC)C(=O)OCCCO. The van der Waals surface area contributed by atoms with E-state index in [0.29, 0.717) is 0 Å². The van der Waals surface area contributed by atoms with Gasteiger partial charge in [-0.05, 0) is 5.16 Å². The van der Waals surface area contributed by atoms with Crippen LogP contribution in [-0.2, 0) is 23.9 Å². The Morgan fingerprint density at radius 2 is 2.19 bits per heavy atom. The Balaban J connectivity index is 4.30. The van der Waals surface area contributed by atoms with Gasteiger partial charge in [-0.25, -0.2) is 9.59 Å². The van der Waals surface area contributed by atoms with Crippen molar-refractivity contribution in [3.63, 3.8) is 0 Å². The van der Waals surface area contributed by atoms with Crippen molar-refractivity contribution in [2.24, 2.45) is 5.16 Å². The van der Waals surface area contributed by atoms with Gasteiger partial charge in [-0.15, -0.1) is 0 Å². The van der Waals surface area contributed by atoms with Crippen LogP contribution in [0.15, 0.2) is 17.8 Å². The van der Waals surface area contributed by atoms with E-state index in [9.17, 15) is 9.59 Å². The lowest BCUT2D eigenvalue weighted by Gasteiger charge is -2.05. The molecule has 0 unspecified atom stereocenters. The summed E-state index contributed by atoms with van der Waals surface area (Å²) in [6.45, 7) is 3.03. The topological polar surface area (TPSA) is 94.4 Å². The lowest BCUT2D eigenvalue weighted by atomic mass is 10.5. The van der Waals surface area contributed by atoms with Crippen molar-refractivity contribution in [1.82, 2.24) is 0 Å². The standard InChI is InChI=1S/C9H13NO6/c1-3-7(12)16-8(10-14-2)9(13)15-6-4-5-11/h3,11H,1,4-6H2,2H3. The minimum Gasteiger partial charge on any atom is -0.458 e. The minimum atomic E-state index is -0.953. The summed E-state index contributed by atoms with van der Waals surface area (Å²) >= 11 is 0. The molecule has 7 heteroatoms. The molecule has 0 amide bonds. The molecule has 0 heterocycles. The number of carbonyl (C=O) groups excluding carboxylic acids is 2. The molecule has 0 aliphatic rings. The van der Waals surface area contributed by atoms with Crippen LogP contribution in [0.25, 0.3) is 0 Å². The maximum absolute atomic E-state index is 11.2. The largest absolute Gasteiger partial charge is 0.458 e. The van der Waals surface area contributed by atoms with E-state index in [0.717, 1.165) is 6.08 Å². The summed E-state index contributed by atoms with van der Waals surface area (Å²) < 4.78 is 9.08. The highest BCUT2D eigenvalue weighted by atomic mass is 16.7. The number of hydrogen-bond acceptors (Lipinski definition) is 7. The molecule has 0 atom stereocenters. The number of carbonyl (C=O) groups is 2. The lowest BCUT2D eigenvalue weighted by Crippen LogP contribution is -2.24. The lowest BCUT2D eigenvalue weighted by molar-refractivity contribution is -0.142. The van der Waals surface area contributed by atoms with Gasteiger partial charge in [-0.2, -0.15) is 0 Å². The highest BCUT2D eigenvalue weighted by Gasteiger charge is 2.18. The van der Waals surface area contributed by atoms with Crippen molar-refractivity contribution in [2.75, 3.05) is 20.3 Å². The van der Waals surface area contributed by atoms with Gasteiger partial charge >= 0.3 is 17.8 Å². The van der Waals surface area contributed by atoms with E-state index >= 15 is 0 Å². The molecule has 90 valence electrons. The average molecular weight is 231 g/mol. The van der Waals surface area contributed by atoms with Crippen LogP contribution in [0.3, 0.4) is 0 Å². The zero-order chi connectivity index (χ0) is 12.4. The summed E-state index contributed by atoms with van der Waals surface area (Å²) in [6, 6.07) is 0. The second kappa shape index (κ2) is 8.42. The van der Waals surface area contributed by atoms with Gasteiger partial charge in [0.15, 0.2) is 0 Å². The number of oxime groups is 1. The molecule has 1 N–H and O–H groups in total. The van der Waals surface area contributed by atoms with Gasteiger partial charge in [0.2, 0.25) is 0 Å². The van der Waals surface area contributed by atoms with Crippen LogP contribution in [-0.4, -0.2) is 43.3 Å². The zero-order valence-corrected chi connectivity index (χ0v) is 8.84. The molecule has 16 heavy (non-hydrogen) atoms. The Labute approximate surface area is 92.3 Å². The molecule has 0 radical (unpaired) electrons. The van der Waals surface area contributed by atoms with Gasteiger partial charge in [0.05, 0.1) is 6.61 Å². The molecule has 0 aromatic rings. The predicted molar refractivity (Wildman–Crippen MR) is 53.4 cm³/mol. The molecule has 0 fully saturated rings. The molecule has 0 aromatic heterocycles. The van der Waals surface area contributed by atoms with E-state index in [1.807, 2.05) is 0 Å². The summed E-state index contributed by atoms with van der Waals surface area (Å²) in [5, 5.41) is 11.6. The molecule has 0 aliphatic carbocycles. The van der Waals surface area contributed by atoms with Gasteiger partial charge in [-0.3, -0.25) is 0 Å². The second-order valence-electron chi connectivity index (χ2n) is 2.42. The fraction of sp³-hybridized carbons (Fsp3) is 0.444. The number of aliphatic hydroxyl groups excluding tert-OH is 1. The summed E-state index contributed by atoms with van der Waals surface area (Å²) in [6.07, 6.45) is 1.15. The van der Waals surface area contributed by atoms with Crippen LogP contribution in [0.4, 0.5) is 0 Å². The normalized spacial score (nSPS) is 10.5. The first-order valence-corrected chi connectivity index (χ1v) is 4.39. The third-order valence-electron chi connectivity index (χ3n) is 1.25. The van der Waals surface area contributed by atoms with E-state index in [1.165, 1.54) is 7.11 Å². The molecular formula is C9H13NO6. The third kappa shape index (κ3) is 5.76. The molecule has 0 bridgehead atoms. The fourth-order valence-corrected chi connectivity index (χ4v) is 0.609. The van der Waals surface area contributed by atoms with Crippen molar-refractivity contribution in [1.29, 1.82) is 0 Å². The van der Waals surface area contributed by atoms with Gasteiger partial charge in [0, 0.05) is 19.1 Å². The van der Waals surface area contributed by atoms with Crippen LogP contribution in [0.5, 0.6) is 0 Å². The van der Waals surface area contributed by atoms with Crippen LogP contribution >= 0.6 is 0 Å². The number of aliphatic hydroxyl groups is 1. The van der Waals surface area contributed by atoms with E-state index in [2.05, 4.69) is 26.0 Å². The quantitative estimate of drug-likeness (QED) is 0.173. The number of ether oxygens (including phenoxy) is 2. The van der Waals surface area contributed by atoms with Crippen molar-refractivity contribution < 1.29 is 29.0 Å². The number of rotatable bonds is 5. The van der Waals surface area contributed by atoms with E-state index in [-0.39, 0.29) is 19.6 Å². The maximum Gasteiger partial charge on any atom is 0.397 e. The Bertz CT molecular complexity index is 286. The highest BCUT2D eigenvalue weighted by Crippen LogP contribution is 1.93. The molecule has 0 aromatic carbocycles. The number of esters is 2. The highest BCUT2D eigenvalue weighted by molar-refractivity contribution is 6.34. The summed E-state index contributed by atoms with van der Waals surface area (Å²) in [7, 11) is 1.18. The monoisotopic (exact) mass is 231 g/mol. The van der Waals surface area contributed by atoms with Gasteiger partial charge < -0.3 is 19.4 Å². The first kappa shape index (κ1) is 14.1. The van der Waals surface area contributed by atoms with Crippen LogP contribution in [0.1, 0.15) is 6.42 Å². The number of nitrogens with zero attached hydrogens (tertiary/aromatic N) is 1. The maximum atomic E-state index is 11.2. The fourth-order valence-electron chi connectivity index (χ4n) is 0.609. The molecule has 7 nitrogen and oxygen atoms in total. The molecule has 0 saturated carbocycles. The Hall–Kier alpha value is -1.89. The molecular weight excluding hydrogens is 218 g/mol. The Morgan fingerprint density at radius 1 is 1.50 bits per heavy atom.